The summed E-state index contributed by atoms with van der Waals surface area (Å²) in [5, 5.41) is 4.24. The minimum absolute atomic E-state index is 0.0764. The number of hydrogen-bond acceptors (Lipinski definition) is 5. The van der Waals surface area contributed by atoms with Crippen LogP contribution < -0.4 is 5.32 Å². The zero-order valence-corrected chi connectivity index (χ0v) is 13.5. The monoisotopic (exact) mass is 313 g/mol. The highest BCUT2D eigenvalue weighted by atomic mass is 35.5. The molecule has 2 aromatic rings. The first-order chi connectivity index (χ1) is 8.94. The molecule has 1 aromatic heterocycles. The molecule has 0 amide bonds. The number of halogens is 1. The van der Waals surface area contributed by atoms with Crippen molar-refractivity contribution < 1.29 is 0 Å². The quantitative estimate of drug-likeness (QED) is 0.916. The van der Waals surface area contributed by atoms with E-state index in [4.69, 9.17) is 11.6 Å². The summed E-state index contributed by atoms with van der Waals surface area (Å²) in [4.78, 5) is 5.37. The summed E-state index contributed by atoms with van der Waals surface area (Å²) >= 11 is 9.12. The van der Waals surface area contributed by atoms with Crippen LogP contribution in [-0.2, 0) is 6.54 Å². The Kier molecular flexibility index (Phi) is 4.84. The van der Waals surface area contributed by atoms with Crippen LogP contribution in [0.5, 0.6) is 0 Å². The second-order valence-corrected chi connectivity index (χ2v) is 7.67. The van der Waals surface area contributed by atoms with Crippen LogP contribution in [0.15, 0.2) is 33.8 Å². The molecular formula is C13H16ClN3S2. The molecule has 0 aliphatic carbocycles. The first-order valence-corrected chi connectivity index (χ1v) is 7.89. The van der Waals surface area contributed by atoms with Gasteiger partial charge in [0.25, 0.3) is 0 Å². The van der Waals surface area contributed by atoms with Gasteiger partial charge in [-0.2, -0.15) is 4.37 Å². The third-order valence-corrected chi connectivity index (χ3v) is 4.44. The molecule has 102 valence electrons. The number of nitrogens with zero attached hydrogens (tertiary/aromatic N) is 2. The van der Waals surface area contributed by atoms with Gasteiger partial charge in [-0.3, -0.25) is 0 Å². The Morgan fingerprint density at radius 3 is 2.79 bits per heavy atom. The van der Waals surface area contributed by atoms with Crippen LogP contribution in [-0.4, -0.2) is 14.9 Å². The van der Waals surface area contributed by atoms with Crippen molar-refractivity contribution in [2.45, 2.75) is 42.1 Å². The Hall–Kier alpha value is -0.620. The van der Waals surface area contributed by atoms with Crippen LogP contribution in [0.25, 0.3) is 0 Å². The van der Waals surface area contributed by atoms with Crippen molar-refractivity contribution in [2.75, 3.05) is 0 Å². The minimum Gasteiger partial charge on any atom is -0.308 e. The van der Waals surface area contributed by atoms with E-state index in [1.165, 1.54) is 17.1 Å². The smallest absolute Gasteiger partial charge is 0.174 e. The maximum atomic E-state index is 6.09. The summed E-state index contributed by atoms with van der Waals surface area (Å²) in [6.07, 6.45) is 1.58. The summed E-state index contributed by atoms with van der Waals surface area (Å²) in [7, 11) is 0. The van der Waals surface area contributed by atoms with Crippen LogP contribution >= 0.6 is 34.9 Å². The molecule has 19 heavy (non-hydrogen) atoms. The fourth-order valence-electron chi connectivity index (χ4n) is 1.45. The molecule has 3 nitrogen and oxygen atoms in total. The van der Waals surface area contributed by atoms with Gasteiger partial charge >= 0.3 is 0 Å². The van der Waals surface area contributed by atoms with E-state index in [-0.39, 0.29) is 5.54 Å². The lowest BCUT2D eigenvalue weighted by atomic mass is 10.1. The highest BCUT2D eigenvalue weighted by Gasteiger charge is 2.12. The van der Waals surface area contributed by atoms with Gasteiger partial charge in [0, 0.05) is 22.0 Å². The van der Waals surface area contributed by atoms with Gasteiger partial charge in [0.15, 0.2) is 4.34 Å². The number of nitrogens with one attached hydrogen (secondary N) is 1. The van der Waals surface area contributed by atoms with Crippen molar-refractivity contribution in [1.82, 2.24) is 14.7 Å². The average molecular weight is 314 g/mol. The fourth-order valence-corrected chi connectivity index (χ4v) is 3.16. The van der Waals surface area contributed by atoms with Crippen LogP contribution in [0, 0.1) is 0 Å². The molecule has 0 fully saturated rings. The van der Waals surface area contributed by atoms with Gasteiger partial charge in [-0.1, -0.05) is 23.4 Å². The molecule has 0 spiro atoms. The molecule has 0 bridgehead atoms. The van der Waals surface area contributed by atoms with E-state index in [1.54, 1.807) is 18.1 Å². The minimum atomic E-state index is 0.0764. The number of hydrogen-bond donors (Lipinski definition) is 1. The van der Waals surface area contributed by atoms with Crippen molar-refractivity contribution in [3.05, 3.63) is 35.1 Å². The van der Waals surface area contributed by atoms with Gasteiger partial charge in [-0.05, 0) is 56.1 Å². The van der Waals surface area contributed by atoms with Gasteiger partial charge in [0.2, 0.25) is 0 Å². The molecule has 0 atom stereocenters. The number of benzene rings is 1. The molecule has 1 N–H and O–H groups in total. The van der Waals surface area contributed by atoms with Crippen LogP contribution in [0.4, 0.5) is 0 Å². The van der Waals surface area contributed by atoms with Crippen molar-refractivity contribution in [3.63, 3.8) is 0 Å². The lowest BCUT2D eigenvalue weighted by Gasteiger charge is -2.21. The zero-order chi connectivity index (χ0) is 13.9. The summed E-state index contributed by atoms with van der Waals surface area (Å²) in [6, 6.07) is 5.95. The molecule has 0 radical (unpaired) electrons. The summed E-state index contributed by atoms with van der Waals surface area (Å²) in [5.41, 5.74) is 1.26. The Labute approximate surface area is 127 Å². The Morgan fingerprint density at radius 2 is 2.16 bits per heavy atom. The van der Waals surface area contributed by atoms with E-state index in [0.717, 1.165) is 20.8 Å². The van der Waals surface area contributed by atoms with E-state index in [1.807, 2.05) is 18.2 Å². The zero-order valence-electron chi connectivity index (χ0n) is 11.1. The molecule has 6 heteroatoms. The van der Waals surface area contributed by atoms with E-state index in [9.17, 15) is 0 Å². The third kappa shape index (κ3) is 4.76. The standard InChI is InChI=1S/C13H16ClN3S2/c1-13(2,3)16-7-9-6-10(14)4-5-11(9)18-12-15-8-17-19-12/h4-6,8,16H,7H2,1-3H3. The topological polar surface area (TPSA) is 37.8 Å². The Morgan fingerprint density at radius 1 is 1.37 bits per heavy atom. The predicted octanol–water partition coefficient (Wildman–Crippen LogP) is 4.23. The van der Waals surface area contributed by atoms with Crippen molar-refractivity contribution >= 4 is 34.9 Å². The first kappa shape index (κ1) is 14.8. The second-order valence-electron chi connectivity index (χ2n) is 5.16. The molecule has 1 aromatic carbocycles. The lowest BCUT2D eigenvalue weighted by Crippen LogP contribution is -2.35. The summed E-state index contributed by atoms with van der Waals surface area (Å²) < 4.78 is 4.96. The fraction of sp³-hybridized carbons (Fsp3) is 0.385. The number of rotatable bonds is 4. The summed E-state index contributed by atoms with van der Waals surface area (Å²) in [6.45, 7) is 7.23. The molecule has 2 rings (SSSR count). The van der Waals surface area contributed by atoms with Crippen molar-refractivity contribution in [2.24, 2.45) is 0 Å². The normalized spacial score (nSPS) is 11.8. The largest absolute Gasteiger partial charge is 0.308 e. The Balaban J connectivity index is 2.18. The maximum Gasteiger partial charge on any atom is 0.174 e. The number of aromatic nitrogens is 2. The molecule has 0 aliphatic heterocycles. The van der Waals surface area contributed by atoms with Gasteiger partial charge in [0.05, 0.1) is 0 Å². The highest BCUT2D eigenvalue weighted by molar-refractivity contribution is 8.01. The average Bonchev–Trinajstić information content (AvgIpc) is 2.81. The van der Waals surface area contributed by atoms with Crippen LogP contribution in [0.2, 0.25) is 5.02 Å². The van der Waals surface area contributed by atoms with E-state index >= 15 is 0 Å². The predicted molar refractivity (Wildman–Crippen MR) is 82.1 cm³/mol. The van der Waals surface area contributed by atoms with Gasteiger partial charge in [-0.25, -0.2) is 4.98 Å². The van der Waals surface area contributed by atoms with E-state index in [2.05, 4.69) is 35.4 Å². The first-order valence-electron chi connectivity index (χ1n) is 5.92. The lowest BCUT2D eigenvalue weighted by molar-refractivity contribution is 0.422. The molecule has 0 saturated heterocycles. The van der Waals surface area contributed by atoms with Gasteiger partial charge < -0.3 is 5.32 Å². The van der Waals surface area contributed by atoms with Crippen LogP contribution in [0.3, 0.4) is 0 Å². The SMILES string of the molecule is CC(C)(C)NCc1cc(Cl)ccc1Sc1ncns1. The maximum absolute atomic E-state index is 6.09. The van der Waals surface area contributed by atoms with Crippen LogP contribution in [0.1, 0.15) is 26.3 Å². The molecule has 0 unspecified atom stereocenters. The molecule has 0 aliphatic rings. The highest BCUT2D eigenvalue weighted by Crippen LogP contribution is 2.32. The van der Waals surface area contributed by atoms with Gasteiger partial charge in [0.1, 0.15) is 6.33 Å². The van der Waals surface area contributed by atoms with E-state index in [0.29, 0.717) is 0 Å². The van der Waals surface area contributed by atoms with E-state index < -0.39 is 0 Å². The molecular weight excluding hydrogens is 298 g/mol. The third-order valence-electron chi connectivity index (χ3n) is 2.37. The molecule has 0 saturated carbocycles. The second kappa shape index (κ2) is 6.22. The van der Waals surface area contributed by atoms with Gasteiger partial charge in [-0.15, -0.1) is 0 Å². The van der Waals surface area contributed by atoms with Crippen molar-refractivity contribution in [3.8, 4) is 0 Å². The summed E-state index contributed by atoms with van der Waals surface area (Å²) in [5.74, 6) is 0. The van der Waals surface area contributed by atoms with Crippen molar-refractivity contribution in [1.29, 1.82) is 0 Å². The Bertz CT molecular complexity index is 535. The molecule has 1 heterocycles.